The normalized spacial score (nSPS) is 14.6. The molecule has 0 saturated carbocycles. The van der Waals surface area contributed by atoms with E-state index in [0.29, 0.717) is 0 Å². The minimum Gasteiger partial charge on any atom is -0.330 e. The lowest BCUT2D eigenvalue weighted by Crippen LogP contribution is -2.25. The zero-order chi connectivity index (χ0) is 12.5. The van der Waals surface area contributed by atoms with E-state index in [1.54, 1.807) is 0 Å². The van der Waals surface area contributed by atoms with Crippen molar-refractivity contribution in [2.24, 2.45) is 0 Å². The first-order chi connectivity index (χ1) is 8.74. The Hall–Kier alpha value is -1.61. The predicted molar refractivity (Wildman–Crippen MR) is 72.7 cm³/mol. The molecule has 3 heteroatoms. The molecule has 1 aromatic heterocycles. The number of benzene rings is 1. The van der Waals surface area contributed by atoms with Crippen molar-refractivity contribution in [3.05, 3.63) is 52.6 Å². The van der Waals surface area contributed by atoms with Crippen molar-refractivity contribution in [1.29, 1.82) is 0 Å². The summed E-state index contributed by atoms with van der Waals surface area (Å²) in [6.07, 6.45) is 3.07. The smallest absolute Gasteiger partial charge is 0.0955 e. The first-order valence-electron chi connectivity index (χ1n) is 6.54. The summed E-state index contributed by atoms with van der Waals surface area (Å²) in [6, 6.07) is 6.67. The highest BCUT2D eigenvalue weighted by Crippen LogP contribution is 2.17. The van der Waals surface area contributed by atoms with Gasteiger partial charge in [0.2, 0.25) is 0 Å². The van der Waals surface area contributed by atoms with Crippen LogP contribution in [0.15, 0.2) is 24.5 Å². The lowest BCUT2D eigenvalue weighted by Gasteiger charge is -2.16. The number of hydrogen-bond acceptors (Lipinski definition) is 2. The van der Waals surface area contributed by atoms with E-state index in [-0.39, 0.29) is 0 Å². The van der Waals surface area contributed by atoms with Gasteiger partial charge in [-0.05, 0) is 25.0 Å². The fraction of sp³-hybridized carbons (Fsp3) is 0.400. The molecule has 0 spiro atoms. The summed E-state index contributed by atoms with van der Waals surface area (Å²) < 4.78 is 2.30. The van der Waals surface area contributed by atoms with Crippen LogP contribution in [0.4, 0.5) is 0 Å². The molecule has 1 aliphatic heterocycles. The van der Waals surface area contributed by atoms with Gasteiger partial charge in [-0.3, -0.25) is 0 Å². The molecule has 3 rings (SSSR count). The Labute approximate surface area is 108 Å². The number of nitrogens with zero attached hydrogens (tertiary/aromatic N) is 2. The summed E-state index contributed by atoms with van der Waals surface area (Å²) in [5.74, 6) is 0. The number of rotatable bonds is 2. The van der Waals surface area contributed by atoms with Crippen LogP contribution < -0.4 is 5.32 Å². The molecule has 94 valence electrons. The lowest BCUT2D eigenvalue weighted by molar-refractivity contribution is 0.602. The Morgan fingerprint density at radius 3 is 3.06 bits per heavy atom. The van der Waals surface area contributed by atoms with Crippen molar-refractivity contribution >= 4 is 0 Å². The Bertz CT molecular complexity index is 569. The second kappa shape index (κ2) is 4.58. The van der Waals surface area contributed by atoms with Gasteiger partial charge in [0.15, 0.2) is 0 Å². The molecule has 0 aliphatic carbocycles. The average Bonchev–Trinajstić information content (AvgIpc) is 2.76. The summed E-state index contributed by atoms with van der Waals surface area (Å²) in [6.45, 7) is 7.24. The highest BCUT2D eigenvalue weighted by Gasteiger charge is 2.14. The molecule has 18 heavy (non-hydrogen) atoms. The Morgan fingerprint density at radius 2 is 2.22 bits per heavy atom. The van der Waals surface area contributed by atoms with Gasteiger partial charge >= 0.3 is 0 Å². The lowest BCUT2D eigenvalue weighted by atomic mass is 10.1. The maximum absolute atomic E-state index is 4.50. The molecule has 1 aliphatic rings. The third-order valence-corrected chi connectivity index (χ3v) is 3.70. The molecule has 0 radical (unpaired) electrons. The quantitative estimate of drug-likeness (QED) is 0.873. The maximum atomic E-state index is 4.50. The third-order valence-electron chi connectivity index (χ3n) is 3.70. The molecule has 1 aromatic carbocycles. The topological polar surface area (TPSA) is 29.9 Å². The number of imidazole rings is 1. The largest absolute Gasteiger partial charge is 0.330 e. The zero-order valence-electron chi connectivity index (χ0n) is 11.0. The van der Waals surface area contributed by atoms with Crippen LogP contribution in [0.5, 0.6) is 0 Å². The van der Waals surface area contributed by atoms with Crippen LogP contribution in [0.3, 0.4) is 0 Å². The standard InChI is InChI=1S/C15H19N3/c1-11-3-4-13(12(2)7-11)9-18-10-17-14-8-16-6-5-15(14)18/h3-4,7,10,16H,5-6,8-9H2,1-2H3. The Kier molecular flexibility index (Phi) is 2.92. The minimum absolute atomic E-state index is 0.912. The number of aryl methyl sites for hydroxylation is 2. The number of aromatic nitrogens is 2. The van der Waals surface area contributed by atoms with Crippen molar-refractivity contribution in [2.45, 2.75) is 33.4 Å². The van der Waals surface area contributed by atoms with Crippen LogP contribution in [0, 0.1) is 13.8 Å². The van der Waals surface area contributed by atoms with Crippen molar-refractivity contribution < 1.29 is 0 Å². The zero-order valence-corrected chi connectivity index (χ0v) is 11.0. The van der Waals surface area contributed by atoms with E-state index < -0.39 is 0 Å². The first-order valence-corrected chi connectivity index (χ1v) is 6.54. The van der Waals surface area contributed by atoms with Crippen molar-refractivity contribution in [3.63, 3.8) is 0 Å². The average molecular weight is 241 g/mol. The molecule has 0 fully saturated rings. The second-order valence-corrected chi connectivity index (χ2v) is 5.12. The molecule has 0 bridgehead atoms. The highest BCUT2D eigenvalue weighted by atomic mass is 15.1. The van der Waals surface area contributed by atoms with Crippen LogP contribution in [0.25, 0.3) is 0 Å². The number of nitrogens with one attached hydrogen (secondary N) is 1. The molecular formula is C15H19N3. The van der Waals surface area contributed by atoms with E-state index in [1.165, 1.54) is 28.1 Å². The van der Waals surface area contributed by atoms with E-state index in [9.17, 15) is 0 Å². The molecule has 2 aromatic rings. The molecule has 1 N–H and O–H groups in total. The van der Waals surface area contributed by atoms with Crippen molar-refractivity contribution in [3.8, 4) is 0 Å². The van der Waals surface area contributed by atoms with Gasteiger partial charge in [0.25, 0.3) is 0 Å². The van der Waals surface area contributed by atoms with Crippen LogP contribution in [-0.2, 0) is 19.5 Å². The molecule has 0 unspecified atom stereocenters. The summed E-state index contributed by atoms with van der Waals surface area (Å²) in [5.41, 5.74) is 6.69. The summed E-state index contributed by atoms with van der Waals surface area (Å²) in [4.78, 5) is 4.50. The summed E-state index contributed by atoms with van der Waals surface area (Å²) in [7, 11) is 0. The highest BCUT2D eigenvalue weighted by molar-refractivity contribution is 5.31. The third kappa shape index (κ3) is 2.06. The fourth-order valence-corrected chi connectivity index (χ4v) is 2.64. The predicted octanol–water partition coefficient (Wildman–Crippen LogP) is 2.19. The fourth-order valence-electron chi connectivity index (χ4n) is 2.64. The molecular weight excluding hydrogens is 222 g/mol. The van der Waals surface area contributed by atoms with Gasteiger partial charge in [-0.25, -0.2) is 4.98 Å². The van der Waals surface area contributed by atoms with E-state index >= 15 is 0 Å². The van der Waals surface area contributed by atoms with E-state index in [4.69, 9.17) is 0 Å². The van der Waals surface area contributed by atoms with Crippen LogP contribution in [0.1, 0.15) is 28.1 Å². The Morgan fingerprint density at radius 1 is 1.33 bits per heavy atom. The van der Waals surface area contributed by atoms with Crippen molar-refractivity contribution in [2.75, 3.05) is 6.54 Å². The van der Waals surface area contributed by atoms with Crippen LogP contribution in [0.2, 0.25) is 0 Å². The van der Waals surface area contributed by atoms with E-state index in [2.05, 4.69) is 46.9 Å². The Balaban J connectivity index is 1.90. The minimum atomic E-state index is 0.912. The molecule has 0 saturated heterocycles. The monoisotopic (exact) mass is 241 g/mol. The maximum Gasteiger partial charge on any atom is 0.0955 e. The van der Waals surface area contributed by atoms with Gasteiger partial charge < -0.3 is 9.88 Å². The van der Waals surface area contributed by atoms with E-state index in [1.807, 2.05) is 6.33 Å². The summed E-state index contributed by atoms with van der Waals surface area (Å²) in [5, 5.41) is 3.36. The first kappa shape index (κ1) is 11.5. The van der Waals surface area contributed by atoms with Gasteiger partial charge in [0.1, 0.15) is 0 Å². The molecule has 0 amide bonds. The van der Waals surface area contributed by atoms with Crippen molar-refractivity contribution in [1.82, 2.24) is 14.9 Å². The van der Waals surface area contributed by atoms with Crippen LogP contribution in [-0.4, -0.2) is 16.1 Å². The van der Waals surface area contributed by atoms with Gasteiger partial charge in [0.05, 0.1) is 12.0 Å². The molecule has 3 nitrogen and oxygen atoms in total. The SMILES string of the molecule is Cc1ccc(Cn2cnc3c2CCNC3)c(C)c1. The van der Waals surface area contributed by atoms with Crippen LogP contribution >= 0.6 is 0 Å². The van der Waals surface area contributed by atoms with Gasteiger partial charge in [-0.15, -0.1) is 0 Å². The number of fused-ring (bicyclic) bond motifs is 1. The second-order valence-electron chi connectivity index (χ2n) is 5.12. The number of hydrogen-bond donors (Lipinski definition) is 1. The van der Waals surface area contributed by atoms with Gasteiger partial charge in [-0.2, -0.15) is 0 Å². The van der Waals surface area contributed by atoms with Gasteiger partial charge in [0, 0.05) is 31.7 Å². The summed E-state index contributed by atoms with van der Waals surface area (Å²) >= 11 is 0. The van der Waals surface area contributed by atoms with Gasteiger partial charge in [-0.1, -0.05) is 23.8 Å². The van der Waals surface area contributed by atoms with E-state index in [0.717, 1.165) is 26.1 Å². The molecule has 0 atom stereocenters. The molecule has 2 heterocycles.